The molecular weight excluding hydrogens is 199 g/mol. The molecule has 0 radical (unpaired) electrons. The van der Waals surface area contributed by atoms with E-state index in [0.29, 0.717) is 5.56 Å². The summed E-state index contributed by atoms with van der Waals surface area (Å²) in [5.41, 5.74) is 5.46. The first-order valence-electron chi connectivity index (χ1n) is 5.42. The molecule has 1 heteroatoms. The van der Waals surface area contributed by atoms with E-state index in [1.54, 1.807) is 6.92 Å². The quantitative estimate of drug-likeness (QED) is 0.659. The van der Waals surface area contributed by atoms with Gasteiger partial charge in [0.15, 0.2) is 0 Å². The second-order valence-corrected chi connectivity index (χ2v) is 4.23. The van der Waals surface area contributed by atoms with Crippen molar-refractivity contribution in [2.45, 2.75) is 20.8 Å². The summed E-state index contributed by atoms with van der Waals surface area (Å²) in [6, 6.07) is 11.5. The Balaban J connectivity index is 2.63. The molecule has 0 aromatic heterocycles. The number of hydrogen-bond donors (Lipinski definition) is 0. The summed E-state index contributed by atoms with van der Waals surface area (Å²) in [6.07, 6.45) is 0. The molecule has 82 valence electrons. The molecule has 0 saturated heterocycles. The van der Waals surface area contributed by atoms with Gasteiger partial charge in [0.1, 0.15) is 5.82 Å². The molecule has 0 saturated carbocycles. The summed E-state index contributed by atoms with van der Waals surface area (Å²) in [6.45, 7) is 5.97. The third kappa shape index (κ3) is 1.85. The first kappa shape index (κ1) is 10.9. The highest BCUT2D eigenvalue weighted by molar-refractivity contribution is 5.71. The van der Waals surface area contributed by atoms with E-state index in [1.807, 2.05) is 18.2 Å². The maximum atomic E-state index is 13.2. The van der Waals surface area contributed by atoms with Crippen molar-refractivity contribution in [3.63, 3.8) is 0 Å². The Morgan fingerprint density at radius 2 is 1.44 bits per heavy atom. The smallest absolute Gasteiger partial charge is 0.126 e. The molecule has 0 fully saturated rings. The molecule has 0 amide bonds. The zero-order valence-corrected chi connectivity index (χ0v) is 9.84. The van der Waals surface area contributed by atoms with Gasteiger partial charge in [-0.3, -0.25) is 0 Å². The van der Waals surface area contributed by atoms with E-state index < -0.39 is 0 Å². The summed E-state index contributed by atoms with van der Waals surface area (Å²) >= 11 is 0. The van der Waals surface area contributed by atoms with Gasteiger partial charge in [0.2, 0.25) is 0 Å². The highest BCUT2D eigenvalue weighted by Gasteiger charge is 2.06. The molecule has 0 N–H and O–H groups in total. The van der Waals surface area contributed by atoms with Gasteiger partial charge in [0, 0.05) is 0 Å². The SMILES string of the molecule is Cc1cc(-c2c(C)cccc2C)ccc1F. The second kappa shape index (κ2) is 4.09. The zero-order chi connectivity index (χ0) is 11.7. The van der Waals surface area contributed by atoms with Crippen molar-refractivity contribution in [3.05, 3.63) is 58.9 Å². The molecular formula is C15H15F. The third-order valence-electron chi connectivity index (χ3n) is 2.93. The van der Waals surface area contributed by atoms with E-state index in [2.05, 4.69) is 26.0 Å². The Bertz CT molecular complexity index is 507. The Hall–Kier alpha value is -1.63. The first-order chi connectivity index (χ1) is 7.59. The monoisotopic (exact) mass is 214 g/mol. The molecule has 2 aromatic carbocycles. The standard InChI is InChI=1S/C15H15F/c1-10-5-4-6-11(2)15(10)13-7-8-14(16)12(3)9-13/h4-9H,1-3H3. The zero-order valence-electron chi connectivity index (χ0n) is 9.84. The van der Waals surface area contributed by atoms with Crippen LogP contribution in [-0.4, -0.2) is 0 Å². The van der Waals surface area contributed by atoms with Gasteiger partial charge in [-0.25, -0.2) is 4.39 Å². The van der Waals surface area contributed by atoms with Gasteiger partial charge >= 0.3 is 0 Å². The van der Waals surface area contributed by atoms with Gasteiger partial charge in [-0.05, 0) is 60.7 Å². The van der Waals surface area contributed by atoms with Crippen molar-refractivity contribution in [1.29, 1.82) is 0 Å². The largest absolute Gasteiger partial charge is 0.207 e. The summed E-state index contributed by atoms with van der Waals surface area (Å²) in [4.78, 5) is 0. The fourth-order valence-corrected chi connectivity index (χ4v) is 2.07. The lowest BCUT2D eigenvalue weighted by Crippen LogP contribution is -1.90. The maximum absolute atomic E-state index is 13.2. The van der Waals surface area contributed by atoms with Crippen LogP contribution in [-0.2, 0) is 0 Å². The van der Waals surface area contributed by atoms with Gasteiger partial charge < -0.3 is 0 Å². The topological polar surface area (TPSA) is 0 Å². The van der Waals surface area contributed by atoms with Crippen molar-refractivity contribution in [2.24, 2.45) is 0 Å². The fraction of sp³-hybridized carbons (Fsp3) is 0.200. The first-order valence-corrected chi connectivity index (χ1v) is 5.42. The van der Waals surface area contributed by atoms with Crippen molar-refractivity contribution in [1.82, 2.24) is 0 Å². The van der Waals surface area contributed by atoms with Crippen molar-refractivity contribution >= 4 is 0 Å². The normalized spacial score (nSPS) is 10.5. The van der Waals surface area contributed by atoms with Crippen LogP contribution in [0.1, 0.15) is 16.7 Å². The van der Waals surface area contributed by atoms with E-state index in [9.17, 15) is 4.39 Å². The molecule has 0 atom stereocenters. The summed E-state index contributed by atoms with van der Waals surface area (Å²) in [5.74, 6) is -0.144. The van der Waals surface area contributed by atoms with Crippen LogP contribution in [0.2, 0.25) is 0 Å². The summed E-state index contributed by atoms with van der Waals surface area (Å²) in [5, 5.41) is 0. The number of aryl methyl sites for hydroxylation is 3. The molecule has 0 aliphatic rings. The number of rotatable bonds is 1. The lowest BCUT2D eigenvalue weighted by atomic mass is 9.95. The Kier molecular flexibility index (Phi) is 2.78. The Labute approximate surface area is 95.7 Å². The lowest BCUT2D eigenvalue weighted by molar-refractivity contribution is 0.619. The number of halogens is 1. The van der Waals surface area contributed by atoms with E-state index in [1.165, 1.54) is 22.8 Å². The minimum absolute atomic E-state index is 0.144. The molecule has 2 aromatic rings. The highest BCUT2D eigenvalue weighted by Crippen LogP contribution is 2.28. The van der Waals surface area contributed by atoms with Crippen molar-refractivity contribution in [3.8, 4) is 11.1 Å². The predicted octanol–water partition coefficient (Wildman–Crippen LogP) is 4.42. The molecule has 0 aliphatic heterocycles. The van der Waals surface area contributed by atoms with Crippen molar-refractivity contribution in [2.75, 3.05) is 0 Å². The van der Waals surface area contributed by atoms with Gasteiger partial charge in [0.05, 0.1) is 0 Å². The lowest BCUT2D eigenvalue weighted by Gasteiger charge is -2.10. The van der Waals surface area contributed by atoms with Gasteiger partial charge in [-0.15, -0.1) is 0 Å². The Morgan fingerprint density at radius 3 is 2.00 bits per heavy atom. The van der Waals surface area contributed by atoms with Gasteiger partial charge in [-0.1, -0.05) is 24.3 Å². The minimum Gasteiger partial charge on any atom is -0.207 e. The van der Waals surface area contributed by atoms with Crippen LogP contribution in [0.25, 0.3) is 11.1 Å². The van der Waals surface area contributed by atoms with Crippen LogP contribution in [0.3, 0.4) is 0 Å². The van der Waals surface area contributed by atoms with Crippen LogP contribution in [0, 0.1) is 26.6 Å². The Morgan fingerprint density at radius 1 is 0.812 bits per heavy atom. The maximum Gasteiger partial charge on any atom is 0.126 e. The van der Waals surface area contributed by atoms with Crippen LogP contribution in [0.15, 0.2) is 36.4 Å². The molecule has 16 heavy (non-hydrogen) atoms. The van der Waals surface area contributed by atoms with Crippen LogP contribution >= 0.6 is 0 Å². The average Bonchev–Trinajstić information content (AvgIpc) is 2.23. The summed E-state index contributed by atoms with van der Waals surface area (Å²) in [7, 11) is 0. The molecule has 0 bridgehead atoms. The molecule has 0 nitrogen and oxygen atoms in total. The minimum atomic E-state index is -0.144. The van der Waals surface area contributed by atoms with E-state index >= 15 is 0 Å². The molecule has 0 heterocycles. The average molecular weight is 214 g/mol. The van der Waals surface area contributed by atoms with E-state index in [0.717, 1.165) is 5.56 Å². The van der Waals surface area contributed by atoms with Crippen LogP contribution in [0.5, 0.6) is 0 Å². The predicted molar refractivity (Wildman–Crippen MR) is 66.0 cm³/mol. The number of hydrogen-bond acceptors (Lipinski definition) is 0. The molecule has 0 aliphatic carbocycles. The van der Waals surface area contributed by atoms with Crippen LogP contribution in [0.4, 0.5) is 4.39 Å². The third-order valence-corrected chi connectivity index (χ3v) is 2.93. The van der Waals surface area contributed by atoms with E-state index in [-0.39, 0.29) is 5.82 Å². The summed E-state index contributed by atoms with van der Waals surface area (Å²) < 4.78 is 13.2. The fourth-order valence-electron chi connectivity index (χ4n) is 2.07. The number of benzene rings is 2. The molecule has 2 rings (SSSR count). The van der Waals surface area contributed by atoms with Gasteiger partial charge in [0.25, 0.3) is 0 Å². The molecule has 0 spiro atoms. The van der Waals surface area contributed by atoms with Gasteiger partial charge in [-0.2, -0.15) is 0 Å². The van der Waals surface area contributed by atoms with E-state index in [4.69, 9.17) is 0 Å². The second-order valence-electron chi connectivity index (χ2n) is 4.23. The molecule has 0 unspecified atom stereocenters. The highest BCUT2D eigenvalue weighted by atomic mass is 19.1. The van der Waals surface area contributed by atoms with Crippen molar-refractivity contribution < 1.29 is 4.39 Å². The van der Waals surface area contributed by atoms with Crippen LogP contribution < -0.4 is 0 Å².